The number of nitrogens with zero attached hydrogens (tertiary/aromatic N) is 2. The van der Waals surface area contributed by atoms with Crippen molar-refractivity contribution in [3.63, 3.8) is 0 Å². The third kappa shape index (κ3) is 2.99. The zero-order valence-electron chi connectivity index (χ0n) is 17.3. The van der Waals surface area contributed by atoms with E-state index in [-0.39, 0.29) is 11.8 Å². The number of aryl methyl sites for hydroxylation is 1. The van der Waals surface area contributed by atoms with E-state index in [1.165, 1.54) is 4.90 Å². The fraction of sp³-hybridized carbons (Fsp3) is 0.200. The van der Waals surface area contributed by atoms with E-state index in [0.29, 0.717) is 11.4 Å². The van der Waals surface area contributed by atoms with Gasteiger partial charge in [-0.15, -0.1) is 0 Å². The van der Waals surface area contributed by atoms with Gasteiger partial charge in [0.05, 0.1) is 24.5 Å². The van der Waals surface area contributed by atoms with Crippen LogP contribution in [0.2, 0.25) is 0 Å². The second kappa shape index (κ2) is 7.56. The van der Waals surface area contributed by atoms with Crippen molar-refractivity contribution < 1.29 is 19.2 Å². The van der Waals surface area contributed by atoms with Gasteiger partial charge in [-0.3, -0.25) is 14.4 Å². The molecule has 6 nitrogen and oxygen atoms in total. The molecule has 2 amide bonds. The molecule has 0 bridgehead atoms. The number of benzene rings is 3. The van der Waals surface area contributed by atoms with Crippen LogP contribution in [0.3, 0.4) is 0 Å². The predicted molar refractivity (Wildman–Crippen MR) is 117 cm³/mol. The van der Waals surface area contributed by atoms with E-state index in [4.69, 9.17) is 9.57 Å². The lowest BCUT2D eigenvalue weighted by Gasteiger charge is -2.29. The Bertz CT molecular complexity index is 1150. The van der Waals surface area contributed by atoms with E-state index in [1.807, 2.05) is 79.7 Å². The quantitative estimate of drug-likeness (QED) is 0.603. The highest BCUT2D eigenvalue weighted by Crippen LogP contribution is 2.49. The average molecular weight is 414 g/mol. The maximum Gasteiger partial charge on any atom is 0.266 e. The van der Waals surface area contributed by atoms with Gasteiger partial charge >= 0.3 is 0 Å². The molecule has 5 rings (SSSR count). The number of hydroxylamine groups is 1. The smallest absolute Gasteiger partial charge is 0.266 e. The summed E-state index contributed by atoms with van der Waals surface area (Å²) in [6.45, 7) is 1.89. The minimum atomic E-state index is -0.901. The molecule has 3 aromatic carbocycles. The summed E-state index contributed by atoms with van der Waals surface area (Å²) in [5, 5.41) is 1.68. The van der Waals surface area contributed by atoms with Gasteiger partial charge in [0.25, 0.3) is 5.91 Å². The monoisotopic (exact) mass is 414 g/mol. The van der Waals surface area contributed by atoms with E-state index in [1.54, 1.807) is 18.2 Å². The first-order valence-corrected chi connectivity index (χ1v) is 10.2. The van der Waals surface area contributed by atoms with Crippen molar-refractivity contribution in [2.24, 2.45) is 5.92 Å². The molecule has 0 unspecified atom stereocenters. The van der Waals surface area contributed by atoms with Gasteiger partial charge < -0.3 is 4.74 Å². The SMILES string of the molecule is COc1ccccc1[C@H]1[C@H]2C(=O)N(c3ccccc3C)C(=O)[C@H]2ON1c1ccccc1. The highest BCUT2D eigenvalue weighted by atomic mass is 16.7. The predicted octanol–water partition coefficient (Wildman–Crippen LogP) is 4.05. The molecule has 156 valence electrons. The van der Waals surface area contributed by atoms with Crippen molar-refractivity contribution in [3.8, 4) is 5.75 Å². The van der Waals surface area contributed by atoms with Crippen LogP contribution in [-0.4, -0.2) is 25.0 Å². The summed E-state index contributed by atoms with van der Waals surface area (Å²) in [6, 6.07) is 23.9. The van der Waals surface area contributed by atoms with Crippen molar-refractivity contribution in [3.05, 3.63) is 90.0 Å². The molecule has 6 heteroatoms. The van der Waals surface area contributed by atoms with E-state index >= 15 is 0 Å². The Morgan fingerprint density at radius 2 is 1.52 bits per heavy atom. The summed E-state index contributed by atoms with van der Waals surface area (Å²) in [5.74, 6) is -0.655. The molecular weight excluding hydrogens is 392 g/mol. The molecule has 0 saturated carbocycles. The largest absolute Gasteiger partial charge is 0.496 e. The Kier molecular flexibility index (Phi) is 4.71. The number of fused-ring (bicyclic) bond motifs is 1. The first-order chi connectivity index (χ1) is 15.1. The standard InChI is InChI=1S/C25H22N2O4/c1-16-10-6-8-14-19(16)26-24(28)21-22(18-13-7-9-15-20(18)30-2)27(31-23(21)25(26)29)17-11-4-3-5-12-17/h3-15,21-23H,1-2H3/t21-,22+,23+/m1/s1. The van der Waals surface area contributed by atoms with Crippen LogP contribution in [0.4, 0.5) is 11.4 Å². The first-order valence-electron chi connectivity index (χ1n) is 10.2. The van der Waals surface area contributed by atoms with Crippen molar-refractivity contribution >= 4 is 23.2 Å². The number of para-hydroxylation sites is 3. The number of amides is 2. The minimum absolute atomic E-state index is 0.265. The number of rotatable bonds is 4. The van der Waals surface area contributed by atoms with Gasteiger partial charge in [-0.1, -0.05) is 54.6 Å². The summed E-state index contributed by atoms with van der Waals surface area (Å²) >= 11 is 0. The summed E-state index contributed by atoms with van der Waals surface area (Å²) in [5.41, 5.74) is 3.03. The average Bonchev–Trinajstić information content (AvgIpc) is 3.31. The summed E-state index contributed by atoms with van der Waals surface area (Å²) < 4.78 is 5.59. The molecule has 0 aliphatic carbocycles. The number of carbonyl (C=O) groups excluding carboxylic acids is 2. The van der Waals surface area contributed by atoms with Crippen LogP contribution in [0.25, 0.3) is 0 Å². The number of hydrogen-bond acceptors (Lipinski definition) is 5. The number of ether oxygens (including phenoxy) is 1. The Morgan fingerprint density at radius 3 is 2.26 bits per heavy atom. The lowest BCUT2D eigenvalue weighted by atomic mass is 9.90. The fourth-order valence-corrected chi connectivity index (χ4v) is 4.49. The van der Waals surface area contributed by atoms with Gasteiger partial charge in [-0.05, 0) is 36.8 Å². The second-order valence-electron chi connectivity index (χ2n) is 7.70. The van der Waals surface area contributed by atoms with Crippen molar-refractivity contribution in [1.82, 2.24) is 0 Å². The van der Waals surface area contributed by atoms with Crippen molar-refractivity contribution in [2.45, 2.75) is 19.1 Å². The van der Waals surface area contributed by atoms with Crippen LogP contribution in [0.15, 0.2) is 78.9 Å². The van der Waals surface area contributed by atoms with Gasteiger partial charge in [-0.2, -0.15) is 0 Å². The molecule has 0 aromatic heterocycles. The Balaban J connectivity index is 1.63. The molecule has 2 aliphatic rings. The summed E-state index contributed by atoms with van der Waals surface area (Å²) in [7, 11) is 1.60. The number of anilines is 2. The van der Waals surface area contributed by atoms with Crippen LogP contribution in [-0.2, 0) is 14.4 Å². The normalized spacial score (nSPS) is 22.7. The topological polar surface area (TPSA) is 59.1 Å². The maximum absolute atomic E-state index is 13.7. The van der Waals surface area contributed by atoms with Crippen LogP contribution in [0, 0.1) is 12.8 Å². The number of methoxy groups -OCH3 is 1. The highest BCUT2D eigenvalue weighted by Gasteiger charge is 2.60. The summed E-state index contributed by atoms with van der Waals surface area (Å²) in [6.07, 6.45) is -0.901. The number of imide groups is 1. The molecule has 31 heavy (non-hydrogen) atoms. The zero-order valence-corrected chi connectivity index (χ0v) is 17.3. The van der Waals surface area contributed by atoms with Crippen LogP contribution in [0.5, 0.6) is 5.75 Å². The molecule has 2 aliphatic heterocycles. The molecule has 3 aromatic rings. The molecule has 3 atom stereocenters. The second-order valence-corrected chi connectivity index (χ2v) is 7.70. The van der Waals surface area contributed by atoms with Gasteiger partial charge in [0.2, 0.25) is 5.91 Å². The molecule has 2 fully saturated rings. The van der Waals surface area contributed by atoms with Gasteiger partial charge in [-0.25, -0.2) is 9.96 Å². The Labute approximate surface area is 180 Å². The Hall–Kier alpha value is -3.64. The van der Waals surface area contributed by atoms with Crippen molar-refractivity contribution in [1.29, 1.82) is 0 Å². The van der Waals surface area contributed by atoms with E-state index in [9.17, 15) is 9.59 Å². The summed E-state index contributed by atoms with van der Waals surface area (Å²) in [4.78, 5) is 34.5. The number of hydrogen-bond donors (Lipinski definition) is 0. The van der Waals surface area contributed by atoms with Gasteiger partial charge in [0, 0.05) is 5.56 Å². The first kappa shape index (κ1) is 19.3. The molecule has 2 saturated heterocycles. The maximum atomic E-state index is 13.7. The molecule has 0 N–H and O–H groups in total. The van der Waals surface area contributed by atoms with Crippen LogP contribution < -0.4 is 14.7 Å². The highest BCUT2D eigenvalue weighted by molar-refractivity contribution is 6.24. The Morgan fingerprint density at radius 1 is 0.839 bits per heavy atom. The van der Waals surface area contributed by atoms with Gasteiger partial charge in [0.1, 0.15) is 11.7 Å². The zero-order chi connectivity index (χ0) is 21.5. The molecule has 0 spiro atoms. The molecular formula is C25H22N2O4. The number of carbonyl (C=O) groups is 2. The van der Waals surface area contributed by atoms with Crippen LogP contribution >= 0.6 is 0 Å². The molecule has 2 heterocycles. The minimum Gasteiger partial charge on any atom is -0.496 e. The van der Waals surface area contributed by atoms with E-state index in [0.717, 1.165) is 16.8 Å². The lowest BCUT2D eigenvalue weighted by Crippen LogP contribution is -2.37. The van der Waals surface area contributed by atoms with E-state index < -0.39 is 18.1 Å². The van der Waals surface area contributed by atoms with Gasteiger partial charge in [0.15, 0.2) is 6.10 Å². The van der Waals surface area contributed by atoms with E-state index in [2.05, 4.69) is 0 Å². The fourth-order valence-electron chi connectivity index (χ4n) is 4.49. The third-order valence-electron chi connectivity index (χ3n) is 5.94. The third-order valence-corrected chi connectivity index (χ3v) is 5.94. The lowest BCUT2D eigenvalue weighted by molar-refractivity contribution is -0.126. The molecule has 0 radical (unpaired) electrons. The van der Waals surface area contributed by atoms with Crippen LogP contribution in [0.1, 0.15) is 17.2 Å². The van der Waals surface area contributed by atoms with Crippen molar-refractivity contribution in [2.75, 3.05) is 17.1 Å².